The van der Waals surface area contributed by atoms with Gasteiger partial charge >= 0.3 is 0 Å². The van der Waals surface area contributed by atoms with Crippen molar-refractivity contribution in [2.45, 2.75) is 46.6 Å². The van der Waals surface area contributed by atoms with Crippen molar-refractivity contribution in [3.05, 3.63) is 65.4 Å². The Morgan fingerprint density at radius 2 is 1.62 bits per heavy atom. The largest absolute Gasteiger partial charge is 0.377 e. The van der Waals surface area contributed by atoms with Gasteiger partial charge in [0.2, 0.25) is 0 Å². The molecule has 0 bridgehead atoms. The number of carbonyl (C=O) groups excluding carboxylic acids is 2. The molecule has 6 nitrogen and oxygen atoms in total. The van der Waals surface area contributed by atoms with E-state index in [1.165, 1.54) is 23.4 Å². The van der Waals surface area contributed by atoms with Crippen molar-refractivity contribution < 1.29 is 14.3 Å². The fraction of sp³-hybridized carbons (Fsp3) is 0.429. The summed E-state index contributed by atoms with van der Waals surface area (Å²) < 4.78 is 5.60. The van der Waals surface area contributed by atoms with Crippen molar-refractivity contribution in [1.29, 1.82) is 0 Å². The summed E-state index contributed by atoms with van der Waals surface area (Å²) in [6.45, 7) is 10.8. The molecule has 180 valence electrons. The lowest BCUT2D eigenvalue weighted by atomic mass is 9.99. The lowest BCUT2D eigenvalue weighted by Crippen LogP contribution is -2.35. The van der Waals surface area contributed by atoms with Crippen molar-refractivity contribution in [3.63, 3.8) is 0 Å². The number of anilines is 2. The maximum atomic E-state index is 13.3. The Labute approximate surface area is 202 Å². The predicted octanol–water partition coefficient (Wildman–Crippen LogP) is 4.85. The van der Waals surface area contributed by atoms with Gasteiger partial charge in [0.05, 0.1) is 24.8 Å². The van der Waals surface area contributed by atoms with E-state index >= 15 is 0 Å². The summed E-state index contributed by atoms with van der Waals surface area (Å²) in [5.74, 6) is 0.175. The van der Waals surface area contributed by atoms with E-state index in [2.05, 4.69) is 29.3 Å². The van der Waals surface area contributed by atoms with Gasteiger partial charge in [-0.2, -0.15) is 0 Å². The van der Waals surface area contributed by atoms with Gasteiger partial charge in [0.15, 0.2) is 0 Å². The molecule has 34 heavy (non-hydrogen) atoms. The van der Waals surface area contributed by atoms with Crippen LogP contribution in [0.5, 0.6) is 0 Å². The molecule has 0 spiro atoms. The van der Waals surface area contributed by atoms with Crippen LogP contribution in [-0.2, 0) is 14.3 Å². The fourth-order valence-electron chi connectivity index (χ4n) is 4.43. The summed E-state index contributed by atoms with van der Waals surface area (Å²) in [6, 6.07) is 15.8. The summed E-state index contributed by atoms with van der Waals surface area (Å²) in [5.41, 5.74) is 4.53. The van der Waals surface area contributed by atoms with Crippen LogP contribution in [0.1, 0.15) is 44.7 Å². The van der Waals surface area contributed by atoms with E-state index in [4.69, 9.17) is 4.74 Å². The van der Waals surface area contributed by atoms with Crippen LogP contribution in [-0.4, -0.2) is 49.1 Å². The van der Waals surface area contributed by atoms with E-state index in [9.17, 15) is 9.59 Å². The van der Waals surface area contributed by atoms with Gasteiger partial charge in [-0.05, 0) is 69.4 Å². The third kappa shape index (κ3) is 5.33. The molecule has 4 rings (SSSR count). The van der Waals surface area contributed by atoms with E-state index in [1.807, 2.05) is 57.2 Å². The van der Waals surface area contributed by atoms with Crippen LogP contribution >= 0.6 is 0 Å². The Balaban J connectivity index is 1.57. The number of piperidine rings is 1. The SMILES string of the molecule is Cc1ccc(C2=C(Nc3ccc(N4CCC(C)CC4)cc3)C(=O)N(CCOC(C)C)C2=O)cc1. The molecule has 0 aromatic heterocycles. The highest BCUT2D eigenvalue weighted by molar-refractivity contribution is 6.36. The number of aryl methyl sites for hydroxylation is 1. The normalized spacial score (nSPS) is 17.3. The lowest BCUT2D eigenvalue weighted by molar-refractivity contribution is -0.137. The molecule has 0 saturated carbocycles. The van der Waals surface area contributed by atoms with Gasteiger partial charge < -0.3 is 15.0 Å². The molecule has 2 aromatic rings. The van der Waals surface area contributed by atoms with Crippen LogP contribution in [0.25, 0.3) is 5.57 Å². The summed E-state index contributed by atoms with van der Waals surface area (Å²) in [6.07, 6.45) is 2.45. The van der Waals surface area contributed by atoms with Crippen LogP contribution in [0.4, 0.5) is 11.4 Å². The molecule has 2 aliphatic rings. The van der Waals surface area contributed by atoms with Gasteiger partial charge in [-0.15, -0.1) is 0 Å². The quantitative estimate of drug-likeness (QED) is 0.570. The van der Waals surface area contributed by atoms with Gasteiger partial charge in [-0.3, -0.25) is 14.5 Å². The van der Waals surface area contributed by atoms with Gasteiger partial charge in [-0.1, -0.05) is 36.8 Å². The number of ether oxygens (including phenoxy) is 1. The number of benzene rings is 2. The molecule has 6 heteroatoms. The minimum absolute atomic E-state index is 0.0385. The maximum Gasteiger partial charge on any atom is 0.278 e. The predicted molar refractivity (Wildman–Crippen MR) is 137 cm³/mol. The Hall–Kier alpha value is -3.12. The minimum atomic E-state index is -0.318. The summed E-state index contributed by atoms with van der Waals surface area (Å²) in [7, 11) is 0. The van der Waals surface area contributed by atoms with E-state index in [-0.39, 0.29) is 24.5 Å². The van der Waals surface area contributed by atoms with Crippen LogP contribution in [0.2, 0.25) is 0 Å². The monoisotopic (exact) mass is 461 g/mol. The van der Waals surface area contributed by atoms with Gasteiger partial charge in [-0.25, -0.2) is 0 Å². The first kappa shape index (κ1) is 24.0. The highest BCUT2D eigenvalue weighted by Gasteiger charge is 2.39. The minimum Gasteiger partial charge on any atom is -0.377 e. The van der Waals surface area contributed by atoms with Gasteiger partial charge in [0.1, 0.15) is 5.70 Å². The fourth-order valence-corrected chi connectivity index (χ4v) is 4.43. The molecule has 2 heterocycles. The van der Waals surface area contributed by atoms with E-state index in [1.54, 1.807) is 0 Å². The number of hydrogen-bond acceptors (Lipinski definition) is 5. The van der Waals surface area contributed by atoms with Gasteiger partial charge in [0, 0.05) is 24.5 Å². The second kappa shape index (κ2) is 10.4. The number of rotatable bonds is 8. The number of amides is 2. The number of nitrogens with one attached hydrogen (secondary N) is 1. The van der Waals surface area contributed by atoms with Crippen molar-refractivity contribution in [3.8, 4) is 0 Å². The number of nitrogens with zero attached hydrogens (tertiary/aromatic N) is 2. The molecule has 0 unspecified atom stereocenters. The average Bonchev–Trinajstić information content (AvgIpc) is 3.05. The first-order valence-electron chi connectivity index (χ1n) is 12.2. The highest BCUT2D eigenvalue weighted by atomic mass is 16.5. The standard InChI is InChI=1S/C28H35N3O3/c1-19(2)34-18-17-31-27(32)25(22-7-5-20(3)6-8-22)26(28(31)33)29-23-9-11-24(12-10-23)30-15-13-21(4)14-16-30/h5-12,19,21,29H,13-18H2,1-4H3. The summed E-state index contributed by atoms with van der Waals surface area (Å²) in [5, 5.41) is 3.26. The molecule has 2 aliphatic heterocycles. The molecule has 2 aromatic carbocycles. The molecule has 1 fully saturated rings. The number of imide groups is 1. The zero-order valence-corrected chi connectivity index (χ0v) is 20.6. The lowest BCUT2D eigenvalue weighted by Gasteiger charge is -2.32. The Morgan fingerprint density at radius 1 is 0.971 bits per heavy atom. The van der Waals surface area contributed by atoms with Crippen molar-refractivity contribution in [2.24, 2.45) is 5.92 Å². The zero-order valence-electron chi connectivity index (χ0n) is 20.6. The summed E-state index contributed by atoms with van der Waals surface area (Å²) in [4.78, 5) is 30.3. The smallest absolute Gasteiger partial charge is 0.278 e. The second-order valence-corrected chi connectivity index (χ2v) is 9.64. The highest BCUT2D eigenvalue weighted by Crippen LogP contribution is 2.31. The first-order chi connectivity index (χ1) is 16.3. The first-order valence-corrected chi connectivity index (χ1v) is 12.2. The molecular formula is C28H35N3O3. The zero-order chi connectivity index (χ0) is 24.2. The number of carbonyl (C=O) groups is 2. The van der Waals surface area contributed by atoms with E-state index in [0.29, 0.717) is 17.9 Å². The molecule has 1 N–H and O–H groups in total. The third-order valence-corrected chi connectivity index (χ3v) is 6.56. The van der Waals surface area contributed by atoms with Crippen LogP contribution in [0.3, 0.4) is 0 Å². The number of hydrogen-bond donors (Lipinski definition) is 1. The van der Waals surface area contributed by atoms with Crippen molar-refractivity contribution in [2.75, 3.05) is 36.5 Å². The molecular weight excluding hydrogens is 426 g/mol. The van der Waals surface area contributed by atoms with Crippen molar-refractivity contribution >= 4 is 28.8 Å². The van der Waals surface area contributed by atoms with Crippen molar-refractivity contribution in [1.82, 2.24) is 4.90 Å². The van der Waals surface area contributed by atoms with E-state index < -0.39 is 0 Å². The Bertz CT molecular complexity index is 1050. The third-order valence-electron chi connectivity index (χ3n) is 6.56. The molecule has 2 amide bonds. The molecule has 0 aliphatic carbocycles. The summed E-state index contributed by atoms with van der Waals surface area (Å²) >= 11 is 0. The molecule has 0 atom stereocenters. The second-order valence-electron chi connectivity index (χ2n) is 9.64. The van der Waals surface area contributed by atoms with Crippen LogP contribution in [0, 0.1) is 12.8 Å². The Kier molecular flexibility index (Phi) is 7.37. The maximum absolute atomic E-state index is 13.3. The topological polar surface area (TPSA) is 61.9 Å². The molecule has 0 radical (unpaired) electrons. The Morgan fingerprint density at radius 3 is 2.24 bits per heavy atom. The van der Waals surface area contributed by atoms with Crippen LogP contribution < -0.4 is 10.2 Å². The van der Waals surface area contributed by atoms with E-state index in [0.717, 1.165) is 35.8 Å². The average molecular weight is 462 g/mol. The molecule has 1 saturated heterocycles. The van der Waals surface area contributed by atoms with Crippen LogP contribution in [0.15, 0.2) is 54.2 Å². The van der Waals surface area contributed by atoms with Gasteiger partial charge in [0.25, 0.3) is 11.8 Å².